The first-order valence-electron chi connectivity index (χ1n) is 7.24. The quantitative estimate of drug-likeness (QED) is 0.828. The lowest BCUT2D eigenvalue weighted by Gasteiger charge is -2.30. The molecule has 1 fully saturated rings. The molecule has 1 aromatic rings. The van der Waals surface area contributed by atoms with Gasteiger partial charge in [0.05, 0.1) is 11.5 Å². The number of aliphatic hydroxyl groups is 1. The third-order valence-electron chi connectivity index (χ3n) is 4.22. The van der Waals surface area contributed by atoms with Crippen molar-refractivity contribution in [3.8, 4) is 0 Å². The number of hydrogen-bond donors (Lipinski definition) is 2. The number of hydrogen-bond acceptors (Lipinski definition) is 3. The number of nitrogens with two attached hydrogens (primary N) is 1. The lowest BCUT2D eigenvalue weighted by atomic mass is 9.97. The number of rotatable bonds is 4. The molecular formula is C16H24N2O2. The number of nitrogens with zero attached hydrogens (tertiary/aromatic N) is 1. The van der Waals surface area contributed by atoms with Crippen LogP contribution in [-0.2, 0) is 4.79 Å². The third-order valence-corrected chi connectivity index (χ3v) is 4.22. The first-order chi connectivity index (χ1) is 9.41. The summed E-state index contributed by atoms with van der Waals surface area (Å²) in [5, 5.41) is 10.4. The Morgan fingerprint density at radius 1 is 1.45 bits per heavy atom. The maximum absolute atomic E-state index is 12.5. The largest absolute Gasteiger partial charge is 0.399 e. The number of likely N-dealkylation sites (N-methyl/N-ethyl adjacent to an activating group) is 1. The molecule has 2 rings (SSSR count). The maximum Gasteiger partial charge on any atom is 0.229 e. The molecule has 1 atom stereocenters. The molecule has 1 amide bonds. The van der Waals surface area contributed by atoms with Gasteiger partial charge in [-0.3, -0.25) is 4.79 Å². The molecule has 0 heterocycles. The molecule has 0 spiro atoms. The molecule has 4 heteroatoms. The Hall–Kier alpha value is -1.55. The molecule has 1 saturated carbocycles. The van der Waals surface area contributed by atoms with Gasteiger partial charge in [0.15, 0.2) is 0 Å². The number of carbonyl (C=O) groups excluding carboxylic acids is 1. The van der Waals surface area contributed by atoms with Gasteiger partial charge in [0, 0.05) is 19.3 Å². The number of anilines is 1. The second kappa shape index (κ2) is 5.83. The molecule has 3 N–H and O–H groups in total. The second-order valence-electron chi connectivity index (χ2n) is 6.02. The van der Waals surface area contributed by atoms with Crippen molar-refractivity contribution in [3.05, 3.63) is 29.8 Å². The van der Waals surface area contributed by atoms with Gasteiger partial charge in [-0.15, -0.1) is 0 Å². The molecule has 1 aliphatic rings. The summed E-state index contributed by atoms with van der Waals surface area (Å²) < 4.78 is 0. The van der Waals surface area contributed by atoms with Crippen molar-refractivity contribution in [1.29, 1.82) is 0 Å². The standard InChI is InChI=1S/C16H24N2O2/c1-12(13-6-5-7-14(17)10-13)15(19)18(2)11-16(20)8-3-4-9-16/h5-7,10,12,20H,3-4,8-9,11,17H2,1-2H3. The second-order valence-corrected chi connectivity index (χ2v) is 6.02. The highest BCUT2D eigenvalue weighted by Gasteiger charge is 2.34. The molecule has 1 aliphatic carbocycles. The van der Waals surface area contributed by atoms with Crippen LogP contribution >= 0.6 is 0 Å². The van der Waals surface area contributed by atoms with E-state index in [-0.39, 0.29) is 11.8 Å². The fourth-order valence-corrected chi connectivity index (χ4v) is 3.01. The minimum atomic E-state index is -0.695. The van der Waals surface area contributed by atoms with Gasteiger partial charge in [0.2, 0.25) is 5.91 Å². The van der Waals surface area contributed by atoms with E-state index in [9.17, 15) is 9.90 Å². The van der Waals surface area contributed by atoms with Crippen LogP contribution in [0.25, 0.3) is 0 Å². The Balaban J connectivity index is 2.02. The number of benzene rings is 1. The van der Waals surface area contributed by atoms with Gasteiger partial charge < -0.3 is 15.7 Å². The molecule has 20 heavy (non-hydrogen) atoms. The van der Waals surface area contributed by atoms with Crippen molar-refractivity contribution in [1.82, 2.24) is 4.90 Å². The molecule has 0 bridgehead atoms. The summed E-state index contributed by atoms with van der Waals surface area (Å²) in [6, 6.07) is 7.42. The molecule has 1 aromatic carbocycles. The van der Waals surface area contributed by atoms with Crippen LogP contribution in [0.3, 0.4) is 0 Å². The van der Waals surface area contributed by atoms with Gasteiger partial charge >= 0.3 is 0 Å². The predicted molar refractivity (Wildman–Crippen MR) is 80.3 cm³/mol. The predicted octanol–water partition coefficient (Wildman–Crippen LogP) is 2.14. The third kappa shape index (κ3) is 3.31. The Morgan fingerprint density at radius 3 is 2.70 bits per heavy atom. The fourth-order valence-electron chi connectivity index (χ4n) is 3.01. The van der Waals surface area contributed by atoms with E-state index < -0.39 is 5.60 Å². The van der Waals surface area contributed by atoms with Gasteiger partial charge in [-0.05, 0) is 37.5 Å². The minimum Gasteiger partial charge on any atom is -0.399 e. The van der Waals surface area contributed by atoms with Crippen LogP contribution in [0, 0.1) is 0 Å². The van der Waals surface area contributed by atoms with Crippen LogP contribution < -0.4 is 5.73 Å². The summed E-state index contributed by atoms with van der Waals surface area (Å²) in [7, 11) is 1.77. The van der Waals surface area contributed by atoms with Gasteiger partial charge in [-0.1, -0.05) is 25.0 Å². The van der Waals surface area contributed by atoms with Gasteiger partial charge in [0.25, 0.3) is 0 Å². The van der Waals surface area contributed by atoms with Crippen molar-refractivity contribution in [2.75, 3.05) is 19.3 Å². The minimum absolute atomic E-state index is 0.0240. The molecular weight excluding hydrogens is 252 g/mol. The van der Waals surface area contributed by atoms with E-state index in [1.165, 1.54) is 0 Å². The molecule has 1 unspecified atom stereocenters. The maximum atomic E-state index is 12.5. The average Bonchev–Trinajstić information content (AvgIpc) is 2.83. The molecule has 0 aromatic heterocycles. The van der Waals surface area contributed by atoms with Crippen LogP contribution in [0.5, 0.6) is 0 Å². The monoisotopic (exact) mass is 276 g/mol. The Kier molecular flexibility index (Phi) is 4.33. The van der Waals surface area contributed by atoms with Crippen LogP contribution in [0.2, 0.25) is 0 Å². The summed E-state index contributed by atoms with van der Waals surface area (Å²) in [5.41, 5.74) is 6.65. The molecule has 0 radical (unpaired) electrons. The van der Waals surface area contributed by atoms with Crippen molar-refractivity contribution in [3.63, 3.8) is 0 Å². The zero-order valence-electron chi connectivity index (χ0n) is 12.3. The molecule has 0 saturated heterocycles. The highest BCUT2D eigenvalue weighted by Crippen LogP contribution is 2.30. The smallest absolute Gasteiger partial charge is 0.229 e. The normalized spacial score (nSPS) is 18.8. The Labute approximate surface area is 120 Å². The van der Waals surface area contributed by atoms with E-state index in [0.29, 0.717) is 12.2 Å². The van der Waals surface area contributed by atoms with Crippen molar-refractivity contribution >= 4 is 11.6 Å². The number of amides is 1. The summed E-state index contributed by atoms with van der Waals surface area (Å²) in [5.74, 6) is -0.218. The van der Waals surface area contributed by atoms with Crippen molar-refractivity contribution in [2.24, 2.45) is 0 Å². The summed E-state index contributed by atoms with van der Waals surface area (Å²) >= 11 is 0. The lowest BCUT2D eigenvalue weighted by Crippen LogP contribution is -2.43. The Morgan fingerprint density at radius 2 is 2.10 bits per heavy atom. The van der Waals surface area contributed by atoms with Crippen molar-refractivity contribution < 1.29 is 9.90 Å². The number of carbonyl (C=O) groups is 1. The number of nitrogen functional groups attached to an aromatic ring is 1. The SMILES string of the molecule is CC(C(=O)N(C)CC1(O)CCCC1)c1cccc(N)c1. The first-order valence-corrected chi connectivity index (χ1v) is 7.24. The van der Waals surface area contributed by atoms with E-state index in [4.69, 9.17) is 5.73 Å². The topological polar surface area (TPSA) is 66.6 Å². The lowest BCUT2D eigenvalue weighted by molar-refractivity contribution is -0.134. The van der Waals surface area contributed by atoms with E-state index in [0.717, 1.165) is 31.2 Å². The summed E-state index contributed by atoms with van der Waals surface area (Å²) in [6.07, 6.45) is 3.67. The van der Waals surface area contributed by atoms with E-state index in [1.54, 1.807) is 11.9 Å². The first kappa shape index (κ1) is 14.9. The van der Waals surface area contributed by atoms with Gasteiger partial charge in [-0.2, -0.15) is 0 Å². The summed E-state index contributed by atoms with van der Waals surface area (Å²) in [4.78, 5) is 14.1. The highest BCUT2D eigenvalue weighted by atomic mass is 16.3. The zero-order chi connectivity index (χ0) is 14.8. The van der Waals surface area contributed by atoms with Crippen LogP contribution in [-0.4, -0.2) is 35.1 Å². The van der Waals surface area contributed by atoms with E-state index in [1.807, 2.05) is 31.2 Å². The molecule has 110 valence electrons. The highest BCUT2D eigenvalue weighted by molar-refractivity contribution is 5.83. The van der Waals surface area contributed by atoms with Crippen LogP contribution in [0.4, 0.5) is 5.69 Å². The summed E-state index contributed by atoms with van der Waals surface area (Å²) in [6.45, 7) is 2.30. The van der Waals surface area contributed by atoms with E-state index in [2.05, 4.69) is 0 Å². The Bertz CT molecular complexity index is 481. The van der Waals surface area contributed by atoms with Gasteiger partial charge in [0.1, 0.15) is 0 Å². The van der Waals surface area contributed by atoms with Crippen LogP contribution in [0.1, 0.15) is 44.1 Å². The zero-order valence-corrected chi connectivity index (χ0v) is 12.3. The van der Waals surface area contributed by atoms with Gasteiger partial charge in [-0.25, -0.2) is 0 Å². The molecule has 0 aliphatic heterocycles. The van der Waals surface area contributed by atoms with E-state index >= 15 is 0 Å². The average molecular weight is 276 g/mol. The fraction of sp³-hybridized carbons (Fsp3) is 0.562. The van der Waals surface area contributed by atoms with Crippen molar-refractivity contribution in [2.45, 2.75) is 44.1 Å². The molecule has 4 nitrogen and oxygen atoms in total. The van der Waals surface area contributed by atoms with Crippen LogP contribution in [0.15, 0.2) is 24.3 Å².